The van der Waals surface area contributed by atoms with Gasteiger partial charge in [-0.3, -0.25) is 4.85 Å². The largest absolute Gasteiger partial charge is 0.332 e. The lowest BCUT2D eigenvalue weighted by molar-refractivity contribution is 0.370. The zero-order chi connectivity index (χ0) is 18.0. The molecule has 3 nitrogen and oxygen atoms in total. The number of aryl methyl sites for hydroxylation is 1. The molecule has 1 unspecified atom stereocenters. The highest BCUT2D eigenvalue weighted by molar-refractivity contribution is 5.43. The topological polar surface area (TPSA) is 22.2 Å². The summed E-state index contributed by atoms with van der Waals surface area (Å²) in [5.41, 5.74) is 1.59. The van der Waals surface area contributed by atoms with Crippen LogP contribution >= 0.6 is 0 Å². The van der Waals surface area contributed by atoms with E-state index in [9.17, 15) is 0 Å². The fourth-order valence-corrected chi connectivity index (χ4v) is 4.61. The summed E-state index contributed by atoms with van der Waals surface area (Å²) in [5, 5.41) is 0. The molecule has 2 atom stereocenters. The maximum atomic E-state index is 8.24. The predicted octanol–water partition coefficient (Wildman–Crippen LogP) is 5.40. The van der Waals surface area contributed by atoms with E-state index in [4.69, 9.17) is 6.57 Å². The zero-order valence-corrected chi connectivity index (χ0v) is 15.0. The Morgan fingerprint density at radius 3 is 2.12 bits per heavy atom. The summed E-state index contributed by atoms with van der Waals surface area (Å²) in [6, 6.07) is 21.1. The van der Waals surface area contributed by atoms with Crippen LogP contribution in [0.15, 0.2) is 73.1 Å². The molecular weight excluding hydrogens is 318 g/mol. The molecular formula is C23H23N3. The molecule has 0 bridgehead atoms. The average molecular weight is 341 g/mol. The Labute approximate surface area is 155 Å². The highest BCUT2D eigenvalue weighted by Crippen LogP contribution is 2.50. The number of imidazole rings is 1. The molecule has 3 aromatic rings. The minimum absolute atomic E-state index is 0.289. The molecule has 1 saturated carbocycles. The van der Waals surface area contributed by atoms with Crippen LogP contribution in [0, 0.1) is 19.4 Å². The number of hydrogen-bond acceptors (Lipinski definition) is 1. The smallest absolute Gasteiger partial charge is 0.285 e. The highest BCUT2D eigenvalue weighted by atomic mass is 15.1. The van der Waals surface area contributed by atoms with Gasteiger partial charge < -0.3 is 4.57 Å². The van der Waals surface area contributed by atoms with Crippen LogP contribution in [0.1, 0.15) is 42.3 Å². The van der Waals surface area contributed by atoms with Crippen LogP contribution in [0.4, 0.5) is 0 Å². The van der Waals surface area contributed by atoms with E-state index in [-0.39, 0.29) is 5.92 Å². The highest BCUT2D eigenvalue weighted by Gasteiger charge is 2.51. The second-order valence-electron chi connectivity index (χ2n) is 7.16. The molecule has 4 rings (SSSR count). The maximum absolute atomic E-state index is 8.24. The van der Waals surface area contributed by atoms with Crippen molar-refractivity contribution in [2.45, 2.75) is 37.8 Å². The van der Waals surface area contributed by atoms with E-state index < -0.39 is 5.54 Å². The Kier molecular flexibility index (Phi) is 4.34. The standard InChI is InChI=1S/C23H23N3/c1-18-25-15-16-26(18)22-14-13-21(17-22)23(24-2,19-9-5-3-6-10-19)20-11-7-4-8-12-20/h3-12,15-16,21-22H,13-14,17H2,1H3/t21?,22-/m0/s1. The normalized spacial score (nSPS) is 20.0. The van der Waals surface area contributed by atoms with Crippen molar-refractivity contribution in [2.75, 3.05) is 0 Å². The van der Waals surface area contributed by atoms with Crippen molar-refractivity contribution in [3.8, 4) is 0 Å². The minimum atomic E-state index is -0.619. The van der Waals surface area contributed by atoms with Gasteiger partial charge in [0.25, 0.3) is 5.54 Å². The van der Waals surface area contributed by atoms with Gasteiger partial charge in [-0.25, -0.2) is 11.6 Å². The van der Waals surface area contributed by atoms with Crippen molar-refractivity contribution in [3.63, 3.8) is 0 Å². The van der Waals surface area contributed by atoms with Gasteiger partial charge in [0.05, 0.1) is 0 Å². The Hall–Kier alpha value is -2.86. The van der Waals surface area contributed by atoms with E-state index in [1.807, 2.05) is 42.6 Å². The molecule has 1 aliphatic rings. The SMILES string of the molecule is [C-]#[N+]C(c1ccccc1)(c1ccccc1)C1CC[C@H](n2ccnc2C)C1. The van der Waals surface area contributed by atoms with Gasteiger partial charge >= 0.3 is 0 Å². The molecule has 0 aliphatic heterocycles. The van der Waals surface area contributed by atoms with Crippen molar-refractivity contribution < 1.29 is 0 Å². The molecule has 1 aromatic heterocycles. The molecule has 0 radical (unpaired) electrons. The summed E-state index contributed by atoms with van der Waals surface area (Å²) >= 11 is 0. The summed E-state index contributed by atoms with van der Waals surface area (Å²) in [5.74, 6) is 1.35. The third kappa shape index (κ3) is 2.63. The van der Waals surface area contributed by atoms with Gasteiger partial charge in [-0.2, -0.15) is 0 Å². The number of rotatable bonds is 4. The quantitative estimate of drug-likeness (QED) is 0.583. The van der Waals surface area contributed by atoms with Gasteiger partial charge in [0.15, 0.2) is 0 Å². The molecule has 130 valence electrons. The zero-order valence-electron chi connectivity index (χ0n) is 15.0. The first-order valence-electron chi connectivity index (χ1n) is 9.25. The summed E-state index contributed by atoms with van der Waals surface area (Å²) in [4.78, 5) is 8.69. The van der Waals surface area contributed by atoms with Crippen LogP contribution in [0.2, 0.25) is 0 Å². The van der Waals surface area contributed by atoms with Crippen molar-refractivity contribution in [1.82, 2.24) is 9.55 Å². The number of aromatic nitrogens is 2. The van der Waals surface area contributed by atoms with E-state index in [1.54, 1.807) is 0 Å². The summed E-state index contributed by atoms with van der Waals surface area (Å²) in [7, 11) is 0. The summed E-state index contributed by atoms with van der Waals surface area (Å²) in [6.45, 7) is 10.3. The first-order chi connectivity index (χ1) is 12.8. The first-order valence-corrected chi connectivity index (χ1v) is 9.25. The summed E-state index contributed by atoms with van der Waals surface area (Å²) in [6.07, 6.45) is 7.10. The van der Waals surface area contributed by atoms with Gasteiger partial charge in [-0.05, 0) is 26.2 Å². The van der Waals surface area contributed by atoms with Gasteiger partial charge in [0, 0.05) is 35.5 Å². The van der Waals surface area contributed by atoms with E-state index in [1.165, 1.54) is 0 Å². The fourth-order valence-electron chi connectivity index (χ4n) is 4.61. The lowest BCUT2D eigenvalue weighted by atomic mass is 9.72. The Morgan fingerprint density at radius 1 is 1.00 bits per heavy atom. The lowest BCUT2D eigenvalue weighted by Gasteiger charge is -2.29. The Balaban J connectivity index is 1.78. The average Bonchev–Trinajstić information content (AvgIpc) is 3.34. The molecule has 0 saturated heterocycles. The van der Waals surface area contributed by atoms with E-state index in [0.717, 1.165) is 36.2 Å². The lowest BCUT2D eigenvalue weighted by Crippen LogP contribution is -2.32. The second-order valence-corrected chi connectivity index (χ2v) is 7.16. The van der Waals surface area contributed by atoms with Crippen molar-refractivity contribution in [2.24, 2.45) is 5.92 Å². The predicted molar refractivity (Wildman–Crippen MR) is 104 cm³/mol. The first kappa shape index (κ1) is 16.6. The summed E-state index contributed by atoms with van der Waals surface area (Å²) < 4.78 is 2.28. The van der Waals surface area contributed by atoms with Crippen LogP contribution in [-0.4, -0.2) is 9.55 Å². The van der Waals surface area contributed by atoms with Crippen LogP contribution < -0.4 is 0 Å². The van der Waals surface area contributed by atoms with E-state index in [0.29, 0.717) is 6.04 Å². The Morgan fingerprint density at radius 2 is 1.62 bits per heavy atom. The molecule has 3 heteroatoms. The van der Waals surface area contributed by atoms with Crippen LogP contribution in [0.25, 0.3) is 4.85 Å². The number of hydrogen-bond donors (Lipinski definition) is 0. The van der Waals surface area contributed by atoms with Crippen LogP contribution in [0.5, 0.6) is 0 Å². The molecule has 1 aliphatic carbocycles. The molecule has 0 spiro atoms. The van der Waals surface area contributed by atoms with E-state index in [2.05, 4.69) is 51.8 Å². The molecule has 2 aromatic carbocycles. The minimum Gasteiger partial charge on any atom is -0.332 e. The van der Waals surface area contributed by atoms with E-state index >= 15 is 0 Å². The van der Waals surface area contributed by atoms with Crippen molar-refractivity contribution in [1.29, 1.82) is 0 Å². The molecule has 1 fully saturated rings. The van der Waals surface area contributed by atoms with Crippen LogP contribution in [-0.2, 0) is 5.54 Å². The monoisotopic (exact) mass is 341 g/mol. The van der Waals surface area contributed by atoms with Crippen molar-refractivity contribution in [3.05, 3.63) is 101 Å². The maximum Gasteiger partial charge on any atom is 0.285 e. The third-order valence-corrected chi connectivity index (χ3v) is 5.86. The number of benzene rings is 2. The molecule has 26 heavy (non-hydrogen) atoms. The molecule has 1 heterocycles. The molecule has 0 N–H and O–H groups in total. The van der Waals surface area contributed by atoms with Gasteiger partial charge in [0.1, 0.15) is 5.82 Å². The third-order valence-electron chi connectivity index (χ3n) is 5.86. The fraction of sp³-hybridized carbons (Fsp3) is 0.304. The van der Waals surface area contributed by atoms with Gasteiger partial charge in [-0.1, -0.05) is 60.7 Å². The molecule has 0 amide bonds. The Bertz CT molecular complexity index is 866. The van der Waals surface area contributed by atoms with Crippen molar-refractivity contribution >= 4 is 0 Å². The van der Waals surface area contributed by atoms with Gasteiger partial charge in [0.2, 0.25) is 0 Å². The van der Waals surface area contributed by atoms with Gasteiger partial charge in [-0.15, -0.1) is 0 Å². The number of nitrogens with zero attached hydrogens (tertiary/aromatic N) is 3. The second kappa shape index (κ2) is 6.80. The van der Waals surface area contributed by atoms with Crippen LogP contribution in [0.3, 0.4) is 0 Å².